The molecule has 0 aliphatic carbocycles. The topological polar surface area (TPSA) is 75.3 Å². The van der Waals surface area contributed by atoms with Gasteiger partial charge in [0.05, 0.1) is 12.3 Å². The maximum absolute atomic E-state index is 12.4. The van der Waals surface area contributed by atoms with Gasteiger partial charge in [-0.3, -0.25) is 0 Å². The molecule has 0 aromatic carbocycles. The Labute approximate surface area is 107 Å². The summed E-state index contributed by atoms with van der Waals surface area (Å²) in [5, 5.41) is 0.177. The Morgan fingerprint density at radius 3 is 3.00 bits per heavy atom. The monoisotopic (exact) mass is 273 g/mol. The van der Waals surface area contributed by atoms with E-state index < -0.39 is 10.0 Å². The van der Waals surface area contributed by atoms with E-state index in [2.05, 4.69) is 9.97 Å². The molecule has 1 aliphatic heterocycles. The molecule has 18 heavy (non-hydrogen) atoms. The van der Waals surface area contributed by atoms with Crippen LogP contribution >= 0.6 is 0 Å². The van der Waals surface area contributed by atoms with Gasteiger partial charge in [0.15, 0.2) is 5.03 Å². The highest BCUT2D eigenvalue weighted by molar-refractivity contribution is 7.89. The summed E-state index contributed by atoms with van der Waals surface area (Å²) in [6.45, 7) is 2.89. The molecule has 2 heterocycles. The van der Waals surface area contributed by atoms with Crippen molar-refractivity contribution in [2.45, 2.75) is 37.3 Å². The Balaban J connectivity index is 2.19. The second kappa shape index (κ2) is 5.38. The number of ether oxygens (including phenoxy) is 1. The number of rotatable bonds is 4. The van der Waals surface area contributed by atoms with Crippen molar-refractivity contribution in [1.82, 2.24) is 14.3 Å². The van der Waals surface area contributed by atoms with E-state index in [4.69, 9.17) is 4.74 Å². The van der Waals surface area contributed by atoms with E-state index in [1.807, 2.05) is 6.92 Å². The van der Waals surface area contributed by atoms with Crippen LogP contribution in [-0.4, -0.2) is 49.0 Å². The highest BCUT2D eigenvalue weighted by Crippen LogP contribution is 2.20. The predicted octanol–water partition coefficient (Wildman–Crippen LogP) is 0.772. The Kier molecular flexibility index (Phi) is 4.04. The summed E-state index contributed by atoms with van der Waals surface area (Å²) < 4.78 is 31.5. The third-order valence-electron chi connectivity index (χ3n) is 3.23. The smallest absolute Gasteiger partial charge is 0.260 e. The minimum atomic E-state index is -3.46. The Bertz CT molecular complexity index is 497. The molecule has 1 aromatic rings. The number of hydrogen-bond donors (Lipinski definition) is 1. The summed E-state index contributed by atoms with van der Waals surface area (Å²) in [6.07, 6.45) is 3.81. The molecule has 0 saturated carbocycles. The third kappa shape index (κ3) is 2.57. The second-order valence-corrected chi connectivity index (χ2v) is 6.32. The molecular formula is C11H19N3O3S. The van der Waals surface area contributed by atoms with Crippen molar-refractivity contribution in [3.05, 3.63) is 12.0 Å². The number of piperidine rings is 1. The van der Waals surface area contributed by atoms with Crippen molar-refractivity contribution in [2.75, 3.05) is 20.2 Å². The molecule has 0 spiro atoms. The van der Waals surface area contributed by atoms with E-state index in [9.17, 15) is 8.42 Å². The molecule has 102 valence electrons. The van der Waals surface area contributed by atoms with Crippen LogP contribution in [0.2, 0.25) is 0 Å². The van der Waals surface area contributed by atoms with Crippen LogP contribution in [0.25, 0.3) is 0 Å². The van der Waals surface area contributed by atoms with Gasteiger partial charge in [0.1, 0.15) is 5.82 Å². The van der Waals surface area contributed by atoms with Crippen molar-refractivity contribution in [2.24, 2.45) is 0 Å². The van der Waals surface area contributed by atoms with Crippen LogP contribution in [0.5, 0.6) is 0 Å². The molecule has 1 fully saturated rings. The summed E-state index contributed by atoms with van der Waals surface area (Å²) in [5.74, 6) is 0.689. The fourth-order valence-corrected chi connectivity index (χ4v) is 3.55. The van der Waals surface area contributed by atoms with Crippen LogP contribution in [-0.2, 0) is 21.2 Å². The first-order valence-electron chi connectivity index (χ1n) is 6.14. The highest BCUT2D eigenvalue weighted by atomic mass is 32.2. The van der Waals surface area contributed by atoms with Gasteiger partial charge in [-0.25, -0.2) is 13.4 Å². The lowest BCUT2D eigenvalue weighted by molar-refractivity contribution is 0.0571. The molecule has 6 nitrogen and oxygen atoms in total. The van der Waals surface area contributed by atoms with Crippen LogP contribution in [0.1, 0.15) is 25.6 Å². The number of imidazole rings is 1. The summed E-state index contributed by atoms with van der Waals surface area (Å²) in [5.41, 5.74) is 0. The zero-order chi connectivity index (χ0) is 13.2. The van der Waals surface area contributed by atoms with Gasteiger partial charge < -0.3 is 9.72 Å². The molecule has 1 aromatic heterocycles. The molecule has 2 rings (SSSR count). The summed E-state index contributed by atoms with van der Waals surface area (Å²) >= 11 is 0. The first-order chi connectivity index (χ1) is 8.57. The van der Waals surface area contributed by atoms with Crippen LogP contribution in [0.15, 0.2) is 11.2 Å². The minimum absolute atomic E-state index is 0.0120. The van der Waals surface area contributed by atoms with Gasteiger partial charge in [0, 0.05) is 26.6 Å². The molecule has 1 saturated heterocycles. The van der Waals surface area contributed by atoms with E-state index in [0.717, 1.165) is 12.8 Å². The van der Waals surface area contributed by atoms with Gasteiger partial charge in [-0.05, 0) is 12.8 Å². The largest absolute Gasteiger partial charge is 0.380 e. The lowest BCUT2D eigenvalue weighted by atomic mass is 10.1. The second-order valence-electron chi connectivity index (χ2n) is 4.41. The van der Waals surface area contributed by atoms with Gasteiger partial charge >= 0.3 is 0 Å². The van der Waals surface area contributed by atoms with E-state index in [0.29, 0.717) is 25.3 Å². The van der Waals surface area contributed by atoms with Crippen molar-refractivity contribution in [3.8, 4) is 0 Å². The van der Waals surface area contributed by atoms with Crippen LogP contribution < -0.4 is 0 Å². The molecule has 7 heteroatoms. The van der Waals surface area contributed by atoms with Gasteiger partial charge in [0.2, 0.25) is 0 Å². The van der Waals surface area contributed by atoms with Crippen LogP contribution in [0.4, 0.5) is 0 Å². The third-order valence-corrected chi connectivity index (χ3v) is 5.01. The number of nitrogens with zero attached hydrogens (tertiary/aromatic N) is 2. The fourth-order valence-electron chi connectivity index (χ4n) is 2.11. The predicted molar refractivity (Wildman–Crippen MR) is 66.8 cm³/mol. The fraction of sp³-hybridized carbons (Fsp3) is 0.727. The number of aromatic amines is 1. The number of hydrogen-bond acceptors (Lipinski definition) is 4. The van der Waals surface area contributed by atoms with Crippen molar-refractivity contribution >= 4 is 10.0 Å². The quantitative estimate of drug-likeness (QED) is 0.879. The number of methoxy groups -OCH3 is 1. The lowest BCUT2D eigenvalue weighted by Gasteiger charge is -2.30. The summed E-state index contributed by atoms with van der Waals surface area (Å²) in [6, 6.07) is 0. The SMILES string of the molecule is CCc1ncc(S(=O)(=O)N2CCCC(OC)C2)[nH]1. The number of aromatic nitrogens is 2. The van der Waals surface area contributed by atoms with Crippen molar-refractivity contribution in [1.29, 1.82) is 0 Å². The van der Waals surface area contributed by atoms with Gasteiger partial charge in [0.25, 0.3) is 10.0 Å². The lowest BCUT2D eigenvalue weighted by Crippen LogP contribution is -2.42. The van der Waals surface area contributed by atoms with Gasteiger partial charge in [-0.15, -0.1) is 0 Å². The van der Waals surface area contributed by atoms with Gasteiger partial charge in [-0.1, -0.05) is 6.92 Å². The van der Waals surface area contributed by atoms with E-state index in [-0.39, 0.29) is 11.1 Å². The standard InChI is InChI=1S/C11H19N3O3S/c1-3-10-12-7-11(13-10)18(15,16)14-6-4-5-9(8-14)17-2/h7,9H,3-6,8H2,1-2H3,(H,12,13). The Morgan fingerprint density at radius 1 is 1.61 bits per heavy atom. The highest BCUT2D eigenvalue weighted by Gasteiger charge is 2.31. The maximum atomic E-state index is 12.4. The Hall–Kier alpha value is -0.920. The summed E-state index contributed by atoms with van der Waals surface area (Å²) in [4.78, 5) is 6.89. The average molecular weight is 273 g/mol. The number of sulfonamides is 1. The molecule has 0 radical (unpaired) electrons. The number of aryl methyl sites for hydroxylation is 1. The minimum Gasteiger partial charge on any atom is -0.380 e. The first kappa shape index (κ1) is 13.5. The van der Waals surface area contributed by atoms with Crippen LogP contribution in [0, 0.1) is 0 Å². The first-order valence-corrected chi connectivity index (χ1v) is 7.58. The zero-order valence-corrected chi connectivity index (χ0v) is 11.5. The molecule has 1 unspecified atom stereocenters. The van der Waals surface area contributed by atoms with Crippen molar-refractivity contribution < 1.29 is 13.2 Å². The van der Waals surface area contributed by atoms with E-state index >= 15 is 0 Å². The van der Waals surface area contributed by atoms with Crippen molar-refractivity contribution in [3.63, 3.8) is 0 Å². The maximum Gasteiger partial charge on any atom is 0.260 e. The number of H-pyrrole nitrogens is 1. The zero-order valence-electron chi connectivity index (χ0n) is 10.7. The van der Waals surface area contributed by atoms with Gasteiger partial charge in [-0.2, -0.15) is 4.31 Å². The Morgan fingerprint density at radius 2 is 2.39 bits per heavy atom. The summed E-state index contributed by atoms with van der Waals surface area (Å²) in [7, 11) is -1.84. The van der Waals surface area contributed by atoms with E-state index in [1.54, 1.807) is 7.11 Å². The average Bonchev–Trinajstić information content (AvgIpc) is 2.88. The van der Waals surface area contributed by atoms with E-state index in [1.165, 1.54) is 10.5 Å². The van der Waals surface area contributed by atoms with Crippen LogP contribution in [0.3, 0.4) is 0 Å². The molecule has 0 amide bonds. The normalized spacial score (nSPS) is 22.2. The number of nitrogens with one attached hydrogen (secondary N) is 1. The molecule has 1 aliphatic rings. The molecule has 1 atom stereocenters. The molecule has 0 bridgehead atoms. The molecule has 1 N–H and O–H groups in total. The molecular weight excluding hydrogens is 254 g/mol.